The molecular formula is C28H25FN4O3S. The first-order valence-electron chi connectivity index (χ1n) is 11.8. The van der Waals surface area contributed by atoms with Gasteiger partial charge in [-0.1, -0.05) is 65.9 Å². The second kappa shape index (κ2) is 10.6. The second-order valence-corrected chi connectivity index (χ2v) is 9.99. The molecule has 37 heavy (non-hydrogen) atoms. The summed E-state index contributed by atoms with van der Waals surface area (Å²) in [4.78, 5) is 29.8. The molecule has 3 aromatic carbocycles. The van der Waals surface area contributed by atoms with Gasteiger partial charge in [-0.2, -0.15) is 10.1 Å². The molecule has 0 aliphatic carbocycles. The summed E-state index contributed by atoms with van der Waals surface area (Å²) in [5.74, 6) is -0.480. The zero-order valence-electron chi connectivity index (χ0n) is 20.3. The molecule has 1 N–H and O–H groups in total. The Morgan fingerprint density at radius 3 is 2.57 bits per heavy atom. The third-order valence-corrected chi connectivity index (χ3v) is 7.37. The van der Waals surface area contributed by atoms with Crippen molar-refractivity contribution < 1.29 is 18.7 Å². The van der Waals surface area contributed by atoms with E-state index in [0.29, 0.717) is 23.0 Å². The number of rotatable bonds is 6. The van der Waals surface area contributed by atoms with Gasteiger partial charge >= 0.3 is 0 Å². The largest absolute Gasteiger partial charge is 0.495 e. The number of hydrogen-bond acceptors (Lipinski definition) is 6. The summed E-state index contributed by atoms with van der Waals surface area (Å²) in [5.41, 5.74) is 4.37. The second-order valence-electron chi connectivity index (χ2n) is 8.82. The predicted molar refractivity (Wildman–Crippen MR) is 143 cm³/mol. The van der Waals surface area contributed by atoms with E-state index in [4.69, 9.17) is 9.84 Å². The number of amides is 2. The zero-order chi connectivity index (χ0) is 25.9. The number of para-hydroxylation sites is 2. The van der Waals surface area contributed by atoms with Crippen LogP contribution in [-0.4, -0.2) is 40.1 Å². The Kier molecular flexibility index (Phi) is 7.05. The fraction of sp³-hybridized carbons (Fsp3) is 0.214. The van der Waals surface area contributed by atoms with E-state index in [-0.39, 0.29) is 30.1 Å². The number of anilines is 1. The maximum atomic E-state index is 13.6. The minimum absolute atomic E-state index is 0.0435. The monoisotopic (exact) mass is 516 g/mol. The third kappa shape index (κ3) is 5.41. The average molecular weight is 517 g/mol. The molecule has 0 spiro atoms. The van der Waals surface area contributed by atoms with Gasteiger partial charge in [-0.05, 0) is 42.3 Å². The molecule has 0 bridgehead atoms. The van der Waals surface area contributed by atoms with Gasteiger partial charge in [-0.25, -0.2) is 9.40 Å². The number of aryl methyl sites for hydroxylation is 1. The van der Waals surface area contributed by atoms with Crippen molar-refractivity contribution in [1.82, 2.24) is 5.01 Å². The Hall–Kier alpha value is -3.98. The highest BCUT2D eigenvalue weighted by molar-refractivity contribution is 8.15. The van der Waals surface area contributed by atoms with Crippen molar-refractivity contribution in [3.8, 4) is 5.75 Å². The number of benzene rings is 3. The van der Waals surface area contributed by atoms with Gasteiger partial charge in [-0.15, -0.1) is 0 Å². The molecule has 188 valence electrons. The van der Waals surface area contributed by atoms with Crippen molar-refractivity contribution in [2.24, 2.45) is 10.1 Å². The number of nitrogens with one attached hydrogen (secondary N) is 1. The van der Waals surface area contributed by atoms with Crippen LogP contribution in [0.3, 0.4) is 0 Å². The van der Waals surface area contributed by atoms with Crippen LogP contribution >= 0.6 is 11.8 Å². The van der Waals surface area contributed by atoms with Crippen molar-refractivity contribution in [2.75, 3.05) is 12.4 Å². The van der Waals surface area contributed by atoms with E-state index in [1.54, 1.807) is 35.3 Å². The standard InChI is InChI=1S/C28H25FN4O3S/c1-17-7-9-18(10-8-17)22-15-23(19-11-13-20(29)14-12-19)33(32-22)28-31-27(35)25(37-28)16-26(34)30-21-5-3-4-6-24(21)36-2/h3-14,23,25H,15-16H2,1-2H3,(H,30,34)/t23-,25-/m0/s1. The molecule has 2 atom stereocenters. The van der Waals surface area contributed by atoms with Gasteiger partial charge in [0.15, 0.2) is 5.17 Å². The molecule has 2 heterocycles. The van der Waals surface area contributed by atoms with Gasteiger partial charge in [0.25, 0.3) is 5.91 Å². The number of nitrogens with zero attached hydrogens (tertiary/aromatic N) is 3. The number of hydrazone groups is 1. The molecule has 0 aromatic heterocycles. The summed E-state index contributed by atoms with van der Waals surface area (Å²) < 4.78 is 18.9. The molecule has 2 amide bonds. The smallest absolute Gasteiger partial charge is 0.262 e. The van der Waals surface area contributed by atoms with Gasteiger partial charge in [0.05, 0.1) is 24.6 Å². The van der Waals surface area contributed by atoms with E-state index >= 15 is 0 Å². The first-order valence-corrected chi connectivity index (χ1v) is 12.7. The number of carbonyl (C=O) groups excluding carboxylic acids is 2. The maximum absolute atomic E-state index is 13.6. The Morgan fingerprint density at radius 2 is 1.84 bits per heavy atom. The Bertz CT molecular complexity index is 1390. The average Bonchev–Trinajstić information content (AvgIpc) is 3.49. The van der Waals surface area contributed by atoms with Crippen LogP contribution < -0.4 is 10.1 Å². The number of methoxy groups -OCH3 is 1. The summed E-state index contributed by atoms with van der Waals surface area (Å²) >= 11 is 1.22. The van der Waals surface area contributed by atoms with Gasteiger partial charge in [-0.3, -0.25) is 9.59 Å². The lowest BCUT2D eigenvalue weighted by atomic mass is 9.98. The third-order valence-electron chi connectivity index (χ3n) is 6.23. The molecule has 0 saturated heterocycles. The zero-order valence-corrected chi connectivity index (χ0v) is 21.2. The number of aliphatic imine (C=N–C) groups is 1. The van der Waals surface area contributed by atoms with E-state index in [0.717, 1.165) is 22.4 Å². The Morgan fingerprint density at radius 1 is 1.11 bits per heavy atom. The van der Waals surface area contributed by atoms with Crippen LogP contribution in [0.1, 0.15) is 35.6 Å². The minimum atomic E-state index is -0.669. The lowest BCUT2D eigenvalue weighted by Gasteiger charge is -2.23. The minimum Gasteiger partial charge on any atom is -0.495 e. The van der Waals surface area contributed by atoms with E-state index in [1.807, 2.05) is 37.3 Å². The number of thioether (sulfide) groups is 1. The highest BCUT2D eigenvalue weighted by Gasteiger charge is 2.39. The van der Waals surface area contributed by atoms with Crippen LogP contribution in [0.4, 0.5) is 10.1 Å². The van der Waals surface area contributed by atoms with Gasteiger partial charge in [0.1, 0.15) is 16.8 Å². The number of carbonyl (C=O) groups is 2. The van der Waals surface area contributed by atoms with Crippen LogP contribution in [0.25, 0.3) is 0 Å². The molecule has 0 radical (unpaired) electrons. The predicted octanol–water partition coefficient (Wildman–Crippen LogP) is 5.32. The highest BCUT2D eigenvalue weighted by Crippen LogP contribution is 2.38. The molecule has 0 fully saturated rings. The Labute approximate surface area is 218 Å². The van der Waals surface area contributed by atoms with Crippen LogP contribution in [0.5, 0.6) is 5.75 Å². The van der Waals surface area contributed by atoms with Crippen molar-refractivity contribution in [3.05, 3.63) is 95.3 Å². The van der Waals surface area contributed by atoms with Crippen LogP contribution in [0.2, 0.25) is 0 Å². The lowest BCUT2D eigenvalue weighted by Crippen LogP contribution is -2.25. The molecule has 0 saturated carbocycles. The van der Waals surface area contributed by atoms with Crippen molar-refractivity contribution in [3.63, 3.8) is 0 Å². The summed E-state index contributed by atoms with van der Waals surface area (Å²) in [7, 11) is 1.53. The first-order chi connectivity index (χ1) is 17.9. The van der Waals surface area contributed by atoms with E-state index in [1.165, 1.54) is 31.0 Å². The SMILES string of the molecule is COc1ccccc1NC(=O)C[C@@H]1SC(N2N=C(c3ccc(C)cc3)C[C@H]2c2ccc(F)cc2)=NC1=O. The van der Waals surface area contributed by atoms with Crippen LogP contribution in [0, 0.1) is 12.7 Å². The quantitative estimate of drug-likeness (QED) is 0.480. The molecule has 9 heteroatoms. The van der Waals surface area contributed by atoms with E-state index in [2.05, 4.69) is 10.3 Å². The molecule has 3 aromatic rings. The fourth-order valence-corrected chi connectivity index (χ4v) is 5.34. The molecule has 5 rings (SSSR count). The van der Waals surface area contributed by atoms with E-state index in [9.17, 15) is 14.0 Å². The topological polar surface area (TPSA) is 83.4 Å². The molecule has 2 aliphatic heterocycles. The van der Waals surface area contributed by atoms with Gasteiger partial charge < -0.3 is 10.1 Å². The van der Waals surface area contributed by atoms with Gasteiger partial charge in [0.2, 0.25) is 5.91 Å². The molecule has 2 aliphatic rings. The normalized spacial score (nSPS) is 19.0. The van der Waals surface area contributed by atoms with Crippen LogP contribution in [0.15, 0.2) is 82.9 Å². The van der Waals surface area contributed by atoms with Gasteiger partial charge in [0, 0.05) is 12.8 Å². The fourth-order valence-electron chi connectivity index (χ4n) is 4.27. The van der Waals surface area contributed by atoms with E-state index < -0.39 is 5.25 Å². The molecule has 7 nitrogen and oxygen atoms in total. The summed E-state index contributed by atoms with van der Waals surface area (Å²) in [5, 5.41) is 9.12. The highest BCUT2D eigenvalue weighted by atomic mass is 32.2. The van der Waals surface area contributed by atoms with Crippen LogP contribution in [-0.2, 0) is 9.59 Å². The number of halogens is 1. The first kappa shape index (κ1) is 24.7. The number of amidine groups is 1. The summed E-state index contributed by atoms with van der Waals surface area (Å²) in [6, 6.07) is 21.2. The van der Waals surface area contributed by atoms with Crippen molar-refractivity contribution >= 4 is 40.1 Å². The number of hydrogen-bond donors (Lipinski definition) is 1. The molecular weight excluding hydrogens is 491 g/mol. The van der Waals surface area contributed by atoms with Crippen molar-refractivity contribution in [2.45, 2.75) is 31.1 Å². The Balaban J connectivity index is 1.35. The summed E-state index contributed by atoms with van der Waals surface area (Å²) in [6.45, 7) is 2.02. The maximum Gasteiger partial charge on any atom is 0.262 e. The number of ether oxygens (including phenoxy) is 1. The molecule has 0 unspecified atom stereocenters. The summed E-state index contributed by atoms with van der Waals surface area (Å²) in [6.07, 6.45) is 0.527. The lowest BCUT2D eigenvalue weighted by molar-refractivity contribution is -0.121. The van der Waals surface area contributed by atoms with Crippen molar-refractivity contribution in [1.29, 1.82) is 0 Å².